The van der Waals surface area contributed by atoms with Crippen molar-refractivity contribution in [2.75, 3.05) is 5.75 Å². The number of hydrogen-bond acceptors (Lipinski definition) is 6. The molecule has 0 saturated carbocycles. The van der Waals surface area contributed by atoms with E-state index in [0.29, 0.717) is 29.2 Å². The Labute approximate surface area is 278 Å². The summed E-state index contributed by atoms with van der Waals surface area (Å²) in [4.78, 5) is 25.1. The first-order valence-electron chi connectivity index (χ1n) is 15.5. The number of carbonyl (C=O) groups excluding carboxylic acids is 1. The molecule has 5 aromatic carbocycles. The van der Waals surface area contributed by atoms with E-state index in [2.05, 4.69) is 5.32 Å². The van der Waals surface area contributed by atoms with Crippen LogP contribution in [0.15, 0.2) is 132 Å². The molecule has 47 heavy (non-hydrogen) atoms. The maximum absolute atomic E-state index is 12.7. The Morgan fingerprint density at radius 1 is 0.766 bits per heavy atom. The van der Waals surface area contributed by atoms with Crippen LogP contribution >= 0.6 is 11.8 Å². The number of ether oxygens (including phenoxy) is 2. The number of hydrogen-bond donors (Lipinski definition) is 3. The molecule has 1 aliphatic rings. The fourth-order valence-corrected chi connectivity index (χ4v) is 6.68. The number of rotatable bonds is 11. The van der Waals surface area contributed by atoms with Gasteiger partial charge in [-0.15, -0.1) is 11.8 Å². The van der Waals surface area contributed by atoms with Crippen LogP contribution in [0.4, 0.5) is 0 Å². The van der Waals surface area contributed by atoms with Crippen LogP contribution in [-0.4, -0.2) is 33.9 Å². The van der Waals surface area contributed by atoms with Gasteiger partial charge in [0.15, 0.2) is 6.29 Å². The van der Waals surface area contributed by atoms with Crippen LogP contribution in [0.3, 0.4) is 0 Å². The number of benzene rings is 5. The molecule has 5 aromatic rings. The second-order valence-electron chi connectivity index (χ2n) is 11.3. The molecule has 0 bridgehead atoms. The van der Waals surface area contributed by atoms with Gasteiger partial charge in [0.2, 0.25) is 0 Å². The number of nitrogens with one attached hydrogen (secondary N) is 1. The molecule has 7 nitrogen and oxygen atoms in total. The number of carbonyl (C=O) groups is 2. The smallest absolute Gasteiger partial charge is 0.336 e. The van der Waals surface area contributed by atoms with Crippen LogP contribution in [0.2, 0.25) is 0 Å². The number of aromatic carboxylic acids is 1. The number of carboxylic acids is 1. The third-order valence-electron chi connectivity index (χ3n) is 8.14. The van der Waals surface area contributed by atoms with Crippen LogP contribution in [0.25, 0.3) is 11.1 Å². The van der Waals surface area contributed by atoms with Gasteiger partial charge in [-0.2, -0.15) is 0 Å². The molecule has 1 amide bonds. The lowest BCUT2D eigenvalue weighted by molar-refractivity contribution is -0.245. The highest BCUT2D eigenvalue weighted by atomic mass is 32.2. The molecule has 0 aromatic heterocycles. The van der Waals surface area contributed by atoms with E-state index in [9.17, 15) is 19.8 Å². The Hall–Kier alpha value is -4.73. The number of amides is 1. The van der Waals surface area contributed by atoms with Gasteiger partial charge in [-0.3, -0.25) is 4.79 Å². The largest absolute Gasteiger partial charge is 0.478 e. The first-order valence-corrected chi connectivity index (χ1v) is 16.4. The molecule has 3 N–H and O–H groups in total. The topological polar surface area (TPSA) is 105 Å². The van der Waals surface area contributed by atoms with E-state index >= 15 is 0 Å². The molecule has 238 valence electrons. The summed E-state index contributed by atoms with van der Waals surface area (Å²) in [6.45, 7) is 0.357. The van der Waals surface area contributed by atoms with E-state index in [1.807, 2.05) is 103 Å². The molecule has 3 atom stereocenters. The summed E-state index contributed by atoms with van der Waals surface area (Å²) in [7, 11) is 0. The predicted octanol–water partition coefficient (Wildman–Crippen LogP) is 7.81. The molecule has 0 spiro atoms. The van der Waals surface area contributed by atoms with Crippen molar-refractivity contribution in [3.8, 4) is 11.1 Å². The second-order valence-corrected chi connectivity index (χ2v) is 12.4. The van der Waals surface area contributed by atoms with E-state index in [1.54, 1.807) is 24.3 Å². The average Bonchev–Trinajstić information content (AvgIpc) is 3.13. The Morgan fingerprint density at radius 2 is 1.45 bits per heavy atom. The van der Waals surface area contributed by atoms with Gasteiger partial charge in [0.1, 0.15) is 0 Å². The molecule has 0 unspecified atom stereocenters. The summed E-state index contributed by atoms with van der Waals surface area (Å²) in [5.74, 6) is -0.529. The number of aliphatic hydroxyl groups excluding tert-OH is 1. The molecule has 1 saturated heterocycles. The maximum Gasteiger partial charge on any atom is 0.336 e. The van der Waals surface area contributed by atoms with E-state index in [1.165, 1.54) is 11.8 Å². The highest BCUT2D eigenvalue weighted by Crippen LogP contribution is 2.40. The lowest BCUT2D eigenvalue weighted by atomic mass is 9.97. The van der Waals surface area contributed by atoms with E-state index < -0.39 is 12.3 Å². The molecule has 0 radical (unpaired) electrons. The monoisotopic (exact) mass is 645 g/mol. The van der Waals surface area contributed by atoms with Crippen LogP contribution in [-0.2, 0) is 22.6 Å². The Kier molecular flexibility index (Phi) is 10.4. The standard InChI is InChI=1S/C39H35NO6S/c41-24-26-14-16-28(17-15-26)35-22-32(25-47-36-13-7-6-12-34(36)38(43)44)45-39(46-35)30-20-18-27(19-21-30)33-11-5-4-10-31(33)23-40-37(42)29-8-2-1-3-9-29/h1-21,32,35,39,41H,22-25H2,(H,40,42)(H,43,44)/t32-,35+,39+/m0/s1. The molecular weight excluding hydrogens is 610 g/mol. The highest BCUT2D eigenvalue weighted by Gasteiger charge is 2.32. The van der Waals surface area contributed by atoms with Gasteiger partial charge in [0.05, 0.1) is 24.4 Å². The van der Waals surface area contributed by atoms with Gasteiger partial charge < -0.3 is 25.0 Å². The van der Waals surface area contributed by atoms with Gasteiger partial charge in [0, 0.05) is 34.7 Å². The summed E-state index contributed by atoms with van der Waals surface area (Å²) in [6.07, 6.45) is -0.509. The summed E-state index contributed by atoms with van der Waals surface area (Å²) in [6, 6.07) is 40.0. The molecule has 1 aliphatic heterocycles. The molecular formula is C39H35NO6S. The van der Waals surface area contributed by atoms with Crippen molar-refractivity contribution >= 4 is 23.6 Å². The molecule has 8 heteroatoms. The van der Waals surface area contributed by atoms with E-state index in [0.717, 1.165) is 33.4 Å². The molecule has 1 heterocycles. The maximum atomic E-state index is 12.7. The lowest BCUT2D eigenvalue weighted by Crippen LogP contribution is -2.31. The van der Waals surface area contributed by atoms with Crippen molar-refractivity contribution in [1.82, 2.24) is 5.32 Å². The highest BCUT2D eigenvalue weighted by molar-refractivity contribution is 7.99. The van der Waals surface area contributed by atoms with Crippen LogP contribution in [0.1, 0.15) is 61.8 Å². The zero-order valence-electron chi connectivity index (χ0n) is 25.6. The molecule has 6 rings (SSSR count). The lowest BCUT2D eigenvalue weighted by Gasteiger charge is -2.36. The van der Waals surface area contributed by atoms with Crippen molar-refractivity contribution in [1.29, 1.82) is 0 Å². The van der Waals surface area contributed by atoms with E-state index in [-0.39, 0.29) is 30.3 Å². The first kappa shape index (κ1) is 32.2. The van der Waals surface area contributed by atoms with Crippen LogP contribution in [0, 0.1) is 0 Å². The minimum absolute atomic E-state index is 0.0331. The van der Waals surface area contributed by atoms with Gasteiger partial charge in [-0.1, -0.05) is 103 Å². The summed E-state index contributed by atoms with van der Waals surface area (Å²) in [5, 5.41) is 22.2. The van der Waals surface area contributed by atoms with Crippen LogP contribution < -0.4 is 5.32 Å². The quantitative estimate of drug-likeness (QED) is 0.126. The SMILES string of the molecule is O=C(NCc1ccccc1-c1ccc([C@@H]2O[C@H](CSc3ccccc3C(=O)O)C[C@H](c3ccc(CO)cc3)O2)cc1)c1ccccc1. The minimum Gasteiger partial charge on any atom is -0.478 e. The van der Waals surface area contributed by atoms with Gasteiger partial charge in [-0.25, -0.2) is 4.79 Å². The number of aliphatic hydroxyl groups is 1. The van der Waals surface area contributed by atoms with E-state index in [4.69, 9.17) is 9.47 Å². The third kappa shape index (κ3) is 7.99. The minimum atomic E-state index is -0.957. The fraction of sp³-hybridized carbons (Fsp3) is 0.179. The van der Waals surface area contributed by atoms with Crippen molar-refractivity contribution < 1.29 is 29.3 Å². The zero-order chi connectivity index (χ0) is 32.6. The van der Waals surface area contributed by atoms with Crippen molar-refractivity contribution in [2.45, 2.75) is 43.0 Å². The van der Waals surface area contributed by atoms with Crippen molar-refractivity contribution in [2.24, 2.45) is 0 Å². The summed E-state index contributed by atoms with van der Waals surface area (Å²) < 4.78 is 13.0. The zero-order valence-corrected chi connectivity index (χ0v) is 26.4. The summed E-state index contributed by atoms with van der Waals surface area (Å²) in [5.41, 5.74) is 6.58. The van der Waals surface area contributed by atoms with Gasteiger partial charge in [-0.05, 0) is 52.1 Å². The van der Waals surface area contributed by atoms with Gasteiger partial charge >= 0.3 is 5.97 Å². The summed E-state index contributed by atoms with van der Waals surface area (Å²) >= 11 is 1.46. The Morgan fingerprint density at radius 3 is 2.19 bits per heavy atom. The molecule has 0 aliphatic carbocycles. The fourth-order valence-electron chi connectivity index (χ4n) is 5.62. The Balaban J connectivity index is 1.20. The molecule has 1 fully saturated rings. The second kappa shape index (κ2) is 15.2. The third-order valence-corrected chi connectivity index (χ3v) is 9.35. The first-order chi connectivity index (χ1) is 23.0. The normalized spacial score (nSPS) is 17.6. The van der Waals surface area contributed by atoms with Crippen molar-refractivity contribution in [3.63, 3.8) is 0 Å². The average molecular weight is 646 g/mol. The Bertz CT molecular complexity index is 1810. The van der Waals surface area contributed by atoms with Crippen LogP contribution in [0.5, 0.6) is 0 Å². The van der Waals surface area contributed by atoms with Crippen molar-refractivity contribution in [3.05, 3.63) is 161 Å². The predicted molar refractivity (Wildman–Crippen MR) is 182 cm³/mol. The number of thioether (sulfide) groups is 1. The van der Waals surface area contributed by atoms with Gasteiger partial charge in [0.25, 0.3) is 5.91 Å². The number of carboxylic acid groups (broad SMARTS) is 1.